The van der Waals surface area contributed by atoms with Gasteiger partial charge in [-0.25, -0.2) is 5.43 Å². The SMILES string of the molecule is COc1cc(/C=N\NC(=O)C(=O)Nc2ccccc2C)ccc1OCc1ccc(Cl)cc1. The fraction of sp³-hybridized carbons (Fsp3) is 0.125. The molecular weight excluding hydrogens is 430 g/mol. The van der Waals surface area contributed by atoms with E-state index in [-0.39, 0.29) is 0 Å². The predicted octanol–water partition coefficient (Wildman–Crippen LogP) is 4.32. The summed E-state index contributed by atoms with van der Waals surface area (Å²) in [7, 11) is 1.53. The molecule has 0 spiro atoms. The zero-order valence-corrected chi connectivity index (χ0v) is 18.3. The third-order valence-electron chi connectivity index (χ3n) is 4.47. The number of nitrogens with one attached hydrogen (secondary N) is 2. The number of hydrogen-bond donors (Lipinski definition) is 2. The van der Waals surface area contributed by atoms with Gasteiger partial charge in [-0.2, -0.15) is 5.10 Å². The van der Waals surface area contributed by atoms with Crippen molar-refractivity contribution in [3.63, 3.8) is 0 Å². The minimum atomic E-state index is -0.876. The molecule has 8 heteroatoms. The van der Waals surface area contributed by atoms with Crippen LogP contribution in [0, 0.1) is 6.92 Å². The van der Waals surface area contributed by atoms with Gasteiger partial charge in [0.2, 0.25) is 0 Å². The van der Waals surface area contributed by atoms with Gasteiger partial charge < -0.3 is 14.8 Å². The van der Waals surface area contributed by atoms with Crippen LogP contribution >= 0.6 is 11.6 Å². The van der Waals surface area contributed by atoms with Crippen LogP contribution < -0.4 is 20.2 Å². The Morgan fingerprint density at radius 1 is 1.00 bits per heavy atom. The molecule has 0 atom stereocenters. The minimum absolute atomic E-state index is 0.354. The molecule has 0 saturated carbocycles. The number of halogens is 1. The van der Waals surface area contributed by atoms with E-state index in [2.05, 4.69) is 15.8 Å². The zero-order chi connectivity index (χ0) is 22.9. The van der Waals surface area contributed by atoms with Gasteiger partial charge in [0.05, 0.1) is 13.3 Å². The third-order valence-corrected chi connectivity index (χ3v) is 4.73. The molecule has 0 aliphatic rings. The number of hydrazone groups is 1. The largest absolute Gasteiger partial charge is 0.493 e. The number of amides is 2. The van der Waals surface area contributed by atoms with Crippen molar-refractivity contribution in [1.29, 1.82) is 0 Å². The Balaban J connectivity index is 1.57. The van der Waals surface area contributed by atoms with Gasteiger partial charge in [0, 0.05) is 10.7 Å². The van der Waals surface area contributed by atoms with Gasteiger partial charge in [-0.3, -0.25) is 9.59 Å². The highest BCUT2D eigenvalue weighted by molar-refractivity contribution is 6.39. The monoisotopic (exact) mass is 451 g/mol. The van der Waals surface area contributed by atoms with Crippen molar-refractivity contribution in [1.82, 2.24) is 5.43 Å². The van der Waals surface area contributed by atoms with Crippen molar-refractivity contribution in [3.05, 3.63) is 88.4 Å². The maximum atomic E-state index is 12.0. The second-order valence-corrected chi connectivity index (χ2v) is 7.23. The predicted molar refractivity (Wildman–Crippen MR) is 124 cm³/mol. The molecule has 0 aliphatic heterocycles. The van der Waals surface area contributed by atoms with Crippen LogP contribution in [0.3, 0.4) is 0 Å². The number of benzene rings is 3. The molecule has 0 unspecified atom stereocenters. The van der Waals surface area contributed by atoms with Crippen molar-refractivity contribution in [2.45, 2.75) is 13.5 Å². The van der Waals surface area contributed by atoms with Crippen LogP contribution in [0.1, 0.15) is 16.7 Å². The van der Waals surface area contributed by atoms with E-state index in [0.29, 0.717) is 34.4 Å². The molecule has 0 heterocycles. The molecule has 0 aromatic heterocycles. The minimum Gasteiger partial charge on any atom is -0.493 e. The number of anilines is 1. The summed E-state index contributed by atoms with van der Waals surface area (Å²) in [5, 5.41) is 7.05. The van der Waals surface area contributed by atoms with Crippen LogP contribution in [0.5, 0.6) is 11.5 Å². The molecule has 32 heavy (non-hydrogen) atoms. The van der Waals surface area contributed by atoms with Crippen molar-refractivity contribution >= 4 is 35.3 Å². The molecule has 0 fully saturated rings. The number of nitrogens with zero attached hydrogens (tertiary/aromatic N) is 1. The fourth-order valence-electron chi connectivity index (χ4n) is 2.73. The molecule has 3 aromatic carbocycles. The number of carbonyl (C=O) groups excluding carboxylic acids is 2. The average Bonchev–Trinajstić information content (AvgIpc) is 2.80. The third kappa shape index (κ3) is 6.33. The highest BCUT2D eigenvalue weighted by Crippen LogP contribution is 2.28. The van der Waals surface area contributed by atoms with Crippen LogP contribution in [0.25, 0.3) is 0 Å². The number of hydrogen-bond acceptors (Lipinski definition) is 5. The topological polar surface area (TPSA) is 89.0 Å². The Morgan fingerprint density at radius 3 is 2.47 bits per heavy atom. The normalized spacial score (nSPS) is 10.6. The lowest BCUT2D eigenvalue weighted by atomic mass is 10.2. The molecular formula is C24H22ClN3O4. The maximum Gasteiger partial charge on any atom is 0.329 e. The molecule has 2 N–H and O–H groups in total. The Bertz CT molecular complexity index is 1130. The van der Waals surface area contributed by atoms with Crippen LogP contribution in [-0.2, 0) is 16.2 Å². The number of para-hydroxylation sites is 1. The lowest BCUT2D eigenvalue weighted by Crippen LogP contribution is -2.32. The number of ether oxygens (including phenoxy) is 2. The summed E-state index contributed by atoms with van der Waals surface area (Å²) in [6, 6.07) is 19.7. The molecule has 0 bridgehead atoms. The quantitative estimate of drug-likeness (QED) is 0.318. The summed E-state index contributed by atoms with van der Waals surface area (Å²) < 4.78 is 11.2. The first-order valence-corrected chi connectivity index (χ1v) is 10.1. The van der Waals surface area contributed by atoms with E-state index in [9.17, 15) is 9.59 Å². The van der Waals surface area contributed by atoms with Gasteiger partial charge in [-0.15, -0.1) is 0 Å². The number of rotatable bonds is 7. The zero-order valence-electron chi connectivity index (χ0n) is 17.6. The van der Waals surface area contributed by atoms with Gasteiger partial charge in [0.25, 0.3) is 0 Å². The molecule has 2 amide bonds. The van der Waals surface area contributed by atoms with Gasteiger partial charge in [0.1, 0.15) is 6.61 Å². The van der Waals surface area contributed by atoms with Gasteiger partial charge in [-0.1, -0.05) is 41.9 Å². The van der Waals surface area contributed by atoms with Crippen LogP contribution in [0.15, 0.2) is 71.8 Å². The Kier molecular flexibility index (Phi) is 7.83. The lowest BCUT2D eigenvalue weighted by molar-refractivity contribution is -0.136. The highest BCUT2D eigenvalue weighted by atomic mass is 35.5. The molecule has 7 nitrogen and oxygen atoms in total. The molecule has 3 rings (SSSR count). The van der Waals surface area contributed by atoms with E-state index in [1.807, 2.05) is 31.2 Å². The summed E-state index contributed by atoms with van der Waals surface area (Å²) in [6.45, 7) is 2.19. The molecule has 0 radical (unpaired) electrons. The van der Waals surface area contributed by atoms with Crippen LogP contribution in [-0.4, -0.2) is 25.1 Å². The van der Waals surface area contributed by atoms with E-state index in [1.165, 1.54) is 13.3 Å². The van der Waals surface area contributed by atoms with Gasteiger partial charge in [0.15, 0.2) is 11.5 Å². The lowest BCUT2D eigenvalue weighted by Gasteiger charge is -2.11. The summed E-state index contributed by atoms with van der Waals surface area (Å²) in [5.74, 6) is -0.618. The van der Waals surface area contributed by atoms with E-state index in [1.54, 1.807) is 42.5 Å². The van der Waals surface area contributed by atoms with Crippen molar-refractivity contribution in [3.8, 4) is 11.5 Å². The van der Waals surface area contributed by atoms with Crippen molar-refractivity contribution in [2.75, 3.05) is 12.4 Å². The second kappa shape index (κ2) is 11.0. The average molecular weight is 452 g/mol. The molecule has 0 aliphatic carbocycles. The van der Waals surface area contributed by atoms with Crippen LogP contribution in [0.4, 0.5) is 5.69 Å². The first kappa shape index (κ1) is 22.8. The molecule has 0 saturated heterocycles. The summed E-state index contributed by atoms with van der Waals surface area (Å²) in [6.07, 6.45) is 1.41. The van der Waals surface area contributed by atoms with Gasteiger partial charge in [-0.05, 0) is 60.0 Å². The molecule has 164 valence electrons. The van der Waals surface area contributed by atoms with E-state index in [4.69, 9.17) is 21.1 Å². The summed E-state index contributed by atoms with van der Waals surface area (Å²) >= 11 is 5.89. The van der Waals surface area contributed by atoms with Crippen molar-refractivity contribution < 1.29 is 19.1 Å². The summed E-state index contributed by atoms with van der Waals surface area (Å²) in [4.78, 5) is 24.0. The van der Waals surface area contributed by atoms with E-state index in [0.717, 1.165) is 11.1 Å². The Morgan fingerprint density at radius 2 is 1.75 bits per heavy atom. The summed E-state index contributed by atoms with van der Waals surface area (Å²) in [5.41, 5.74) is 5.24. The van der Waals surface area contributed by atoms with E-state index >= 15 is 0 Å². The molecule has 3 aromatic rings. The first-order chi connectivity index (χ1) is 15.5. The first-order valence-electron chi connectivity index (χ1n) is 9.71. The number of methoxy groups -OCH3 is 1. The fourth-order valence-corrected chi connectivity index (χ4v) is 2.86. The van der Waals surface area contributed by atoms with Crippen molar-refractivity contribution in [2.24, 2.45) is 5.10 Å². The second-order valence-electron chi connectivity index (χ2n) is 6.79. The number of aryl methyl sites for hydroxylation is 1. The maximum absolute atomic E-state index is 12.0. The van der Waals surface area contributed by atoms with Gasteiger partial charge >= 0.3 is 11.8 Å². The van der Waals surface area contributed by atoms with Crippen LogP contribution in [0.2, 0.25) is 5.02 Å². The standard InChI is InChI=1S/C24H22ClN3O4/c1-16-5-3-4-6-20(16)27-23(29)24(30)28-26-14-18-9-12-21(22(13-18)31-2)32-15-17-7-10-19(25)11-8-17/h3-14H,15H2,1-2H3,(H,27,29)(H,28,30)/b26-14-. The number of carbonyl (C=O) groups is 2. The highest BCUT2D eigenvalue weighted by Gasteiger charge is 2.13. The Labute approximate surface area is 191 Å². The smallest absolute Gasteiger partial charge is 0.329 e. The Hall–Kier alpha value is -3.84. The van der Waals surface area contributed by atoms with E-state index < -0.39 is 11.8 Å².